The van der Waals surface area contributed by atoms with Crippen LogP contribution in [-0.2, 0) is 0 Å². The number of carboxylic acids is 1. The van der Waals surface area contributed by atoms with E-state index >= 15 is 0 Å². The molecule has 0 bridgehead atoms. The van der Waals surface area contributed by atoms with Crippen LogP contribution in [0.4, 0.5) is 5.69 Å². The summed E-state index contributed by atoms with van der Waals surface area (Å²) >= 11 is 0. The van der Waals surface area contributed by atoms with Gasteiger partial charge in [-0.25, -0.2) is 4.79 Å². The smallest absolute Gasteiger partial charge is 0.337 e. The van der Waals surface area contributed by atoms with Crippen LogP contribution in [0.2, 0.25) is 0 Å². The van der Waals surface area contributed by atoms with Crippen molar-refractivity contribution in [3.05, 3.63) is 64.7 Å². The first-order valence-electron chi connectivity index (χ1n) is 7.58. The number of benzene rings is 2. The zero-order chi connectivity index (χ0) is 18.1. The summed E-state index contributed by atoms with van der Waals surface area (Å²) in [6.45, 7) is 1.94. The van der Waals surface area contributed by atoms with Crippen molar-refractivity contribution in [3.8, 4) is 0 Å². The van der Waals surface area contributed by atoms with E-state index in [1.54, 1.807) is 19.1 Å². The minimum absolute atomic E-state index is 0.0413. The lowest BCUT2D eigenvalue weighted by atomic mass is 10.0. The van der Waals surface area contributed by atoms with Crippen molar-refractivity contribution in [2.24, 2.45) is 0 Å². The quantitative estimate of drug-likeness (QED) is 0.832. The molecule has 7 heteroatoms. The normalized spacial score (nSPS) is 12.9. The lowest BCUT2D eigenvalue weighted by Crippen LogP contribution is -2.29. The first kappa shape index (κ1) is 16.4. The molecule has 0 radical (unpaired) electrons. The molecule has 126 valence electrons. The summed E-state index contributed by atoms with van der Waals surface area (Å²) in [5, 5.41) is 11.7. The Morgan fingerprint density at radius 2 is 1.72 bits per heavy atom. The van der Waals surface area contributed by atoms with Crippen molar-refractivity contribution in [2.75, 3.05) is 11.9 Å². The molecule has 0 aliphatic carbocycles. The fourth-order valence-electron chi connectivity index (χ4n) is 2.69. The first-order chi connectivity index (χ1) is 11.9. The number of nitrogens with one attached hydrogen (secondary N) is 1. The van der Waals surface area contributed by atoms with Crippen molar-refractivity contribution < 1.29 is 24.3 Å². The number of aromatic carboxylic acids is 1. The second kappa shape index (κ2) is 6.20. The molecular formula is C18H14N2O5. The van der Waals surface area contributed by atoms with E-state index in [1.807, 2.05) is 0 Å². The average molecular weight is 338 g/mol. The highest BCUT2D eigenvalue weighted by Gasteiger charge is 2.34. The summed E-state index contributed by atoms with van der Waals surface area (Å²) in [6, 6.07) is 10.2. The van der Waals surface area contributed by atoms with Crippen LogP contribution in [-0.4, -0.2) is 40.2 Å². The molecule has 3 rings (SSSR count). The van der Waals surface area contributed by atoms with E-state index in [1.165, 1.54) is 30.3 Å². The van der Waals surface area contributed by atoms with Crippen LogP contribution in [0.15, 0.2) is 42.5 Å². The maximum absolute atomic E-state index is 12.4. The Kier molecular flexibility index (Phi) is 4.06. The topological polar surface area (TPSA) is 104 Å². The number of hydrogen-bond acceptors (Lipinski definition) is 4. The van der Waals surface area contributed by atoms with Crippen molar-refractivity contribution in [1.82, 2.24) is 4.90 Å². The van der Waals surface area contributed by atoms with Crippen LogP contribution >= 0.6 is 0 Å². The van der Waals surface area contributed by atoms with Gasteiger partial charge in [0, 0.05) is 12.1 Å². The molecule has 2 aromatic rings. The monoisotopic (exact) mass is 338 g/mol. The van der Waals surface area contributed by atoms with Crippen LogP contribution in [0.1, 0.15) is 48.4 Å². The van der Waals surface area contributed by atoms with Crippen LogP contribution < -0.4 is 5.32 Å². The Morgan fingerprint density at radius 3 is 2.40 bits per heavy atom. The van der Waals surface area contributed by atoms with E-state index in [0.29, 0.717) is 0 Å². The Morgan fingerprint density at radius 1 is 1.04 bits per heavy atom. The molecule has 0 saturated carbocycles. The number of carbonyl (C=O) groups excluding carboxylic acids is 3. The predicted molar refractivity (Wildman–Crippen MR) is 88.8 cm³/mol. The van der Waals surface area contributed by atoms with Gasteiger partial charge in [0.2, 0.25) is 0 Å². The van der Waals surface area contributed by atoms with Crippen LogP contribution in [0.3, 0.4) is 0 Å². The number of carboxylic acid groups (broad SMARTS) is 1. The molecule has 2 aromatic carbocycles. The molecule has 7 nitrogen and oxygen atoms in total. The van der Waals surface area contributed by atoms with Crippen molar-refractivity contribution in [2.45, 2.75) is 6.92 Å². The second-order valence-corrected chi connectivity index (χ2v) is 5.42. The van der Waals surface area contributed by atoms with Gasteiger partial charge in [0.25, 0.3) is 17.7 Å². The number of carbonyl (C=O) groups is 4. The molecular weight excluding hydrogens is 324 g/mol. The average Bonchev–Trinajstić information content (AvgIpc) is 2.85. The van der Waals surface area contributed by atoms with Gasteiger partial charge in [0.15, 0.2) is 0 Å². The first-order valence-corrected chi connectivity index (χ1v) is 7.58. The van der Waals surface area contributed by atoms with Crippen LogP contribution in [0.5, 0.6) is 0 Å². The summed E-state index contributed by atoms with van der Waals surface area (Å²) in [7, 11) is 0. The summed E-state index contributed by atoms with van der Waals surface area (Å²) in [6.07, 6.45) is 0. The summed E-state index contributed by atoms with van der Waals surface area (Å²) in [5.41, 5.74) is 0.705. The number of imide groups is 1. The van der Waals surface area contributed by atoms with Gasteiger partial charge >= 0.3 is 5.97 Å². The molecule has 0 saturated heterocycles. The molecule has 0 unspecified atom stereocenters. The number of fused-ring (bicyclic) bond motifs is 1. The summed E-state index contributed by atoms with van der Waals surface area (Å²) in [5.74, 6) is -2.55. The zero-order valence-corrected chi connectivity index (χ0v) is 13.3. The minimum Gasteiger partial charge on any atom is -0.478 e. The predicted octanol–water partition coefficient (Wildman–Crippen LogP) is 2.25. The highest BCUT2D eigenvalue weighted by Crippen LogP contribution is 2.24. The summed E-state index contributed by atoms with van der Waals surface area (Å²) < 4.78 is 0. The van der Waals surface area contributed by atoms with Crippen molar-refractivity contribution in [3.63, 3.8) is 0 Å². The Bertz CT molecular complexity index is 919. The molecule has 1 heterocycles. The zero-order valence-electron chi connectivity index (χ0n) is 13.3. The molecule has 0 aromatic heterocycles. The molecule has 2 N–H and O–H groups in total. The second-order valence-electron chi connectivity index (χ2n) is 5.42. The van der Waals surface area contributed by atoms with E-state index < -0.39 is 17.8 Å². The third kappa shape index (κ3) is 2.76. The fraction of sp³-hybridized carbons (Fsp3) is 0.111. The molecule has 3 amide bonds. The van der Waals surface area contributed by atoms with Gasteiger partial charge in [-0.15, -0.1) is 0 Å². The van der Waals surface area contributed by atoms with Crippen molar-refractivity contribution in [1.29, 1.82) is 0 Å². The van der Waals surface area contributed by atoms with E-state index in [9.17, 15) is 19.2 Å². The summed E-state index contributed by atoms with van der Waals surface area (Å²) in [4.78, 5) is 49.0. The van der Waals surface area contributed by atoms with E-state index in [2.05, 4.69) is 5.32 Å². The molecule has 1 aliphatic rings. The largest absolute Gasteiger partial charge is 0.478 e. The molecule has 25 heavy (non-hydrogen) atoms. The Balaban J connectivity index is 1.91. The van der Waals surface area contributed by atoms with E-state index in [4.69, 9.17) is 5.11 Å². The maximum atomic E-state index is 12.4. The van der Waals surface area contributed by atoms with Gasteiger partial charge in [-0.2, -0.15) is 0 Å². The Labute approximate surface area is 142 Å². The van der Waals surface area contributed by atoms with Gasteiger partial charge in [-0.3, -0.25) is 19.3 Å². The Hall–Kier alpha value is -3.48. The van der Waals surface area contributed by atoms with Crippen LogP contribution in [0, 0.1) is 0 Å². The highest BCUT2D eigenvalue weighted by atomic mass is 16.4. The standard InChI is InChI=1S/C18H14N2O5/c1-2-20-16(22)11-8-7-10(9-13(11)17(20)23)15(21)19-14-6-4-3-5-12(14)18(24)25/h3-9H,2H2,1H3,(H,19,21)(H,24,25). The number of anilines is 1. The number of hydrogen-bond donors (Lipinski definition) is 2. The molecule has 0 atom stereocenters. The van der Waals surface area contributed by atoms with Crippen molar-refractivity contribution >= 4 is 29.4 Å². The third-order valence-electron chi connectivity index (χ3n) is 3.95. The minimum atomic E-state index is -1.16. The van der Waals surface area contributed by atoms with Crippen LogP contribution in [0.25, 0.3) is 0 Å². The third-order valence-corrected chi connectivity index (χ3v) is 3.95. The fourth-order valence-corrected chi connectivity index (χ4v) is 2.69. The molecule has 1 aliphatic heterocycles. The van der Waals surface area contributed by atoms with Gasteiger partial charge in [-0.1, -0.05) is 12.1 Å². The van der Waals surface area contributed by atoms with Gasteiger partial charge in [0.05, 0.1) is 22.4 Å². The number of nitrogens with zero attached hydrogens (tertiary/aromatic N) is 1. The number of rotatable bonds is 4. The van der Waals surface area contributed by atoms with Gasteiger partial charge in [0.1, 0.15) is 0 Å². The molecule has 0 fully saturated rings. The number of para-hydroxylation sites is 1. The SMILES string of the molecule is CCN1C(=O)c2ccc(C(=O)Nc3ccccc3C(=O)O)cc2C1=O. The lowest BCUT2D eigenvalue weighted by Gasteiger charge is -2.09. The maximum Gasteiger partial charge on any atom is 0.337 e. The molecule has 0 spiro atoms. The highest BCUT2D eigenvalue weighted by molar-refractivity contribution is 6.22. The van der Waals surface area contributed by atoms with E-state index in [-0.39, 0.29) is 40.4 Å². The van der Waals surface area contributed by atoms with Gasteiger partial charge in [-0.05, 0) is 37.3 Å². The number of amides is 3. The van der Waals surface area contributed by atoms with E-state index in [0.717, 1.165) is 4.90 Å². The van der Waals surface area contributed by atoms with Gasteiger partial charge < -0.3 is 10.4 Å². The lowest BCUT2D eigenvalue weighted by molar-refractivity contribution is 0.0658.